The van der Waals surface area contributed by atoms with E-state index in [1.54, 1.807) is 0 Å². The molecule has 1 saturated heterocycles. The molecule has 0 radical (unpaired) electrons. The van der Waals surface area contributed by atoms with E-state index in [0.29, 0.717) is 19.2 Å². The lowest BCUT2D eigenvalue weighted by atomic mass is 10.1. The molecule has 1 aromatic heterocycles. The molecule has 1 aliphatic rings. The van der Waals surface area contributed by atoms with E-state index in [2.05, 4.69) is 9.88 Å². The van der Waals surface area contributed by atoms with Gasteiger partial charge in [0.15, 0.2) is 11.6 Å². The van der Waals surface area contributed by atoms with Crippen LogP contribution in [0, 0.1) is 0 Å². The summed E-state index contributed by atoms with van der Waals surface area (Å²) in [6, 6.07) is 4.30. The van der Waals surface area contributed by atoms with Crippen molar-refractivity contribution in [2.24, 2.45) is 5.73 Å². The van der Waals surface area contributed by atoms with E-state index in [4.69, 9.17) is 10.5 Å². The number of hydrogen-bond acceptors (Lipinski definition) is 4. The highest BCUT2D eigenvalue weighted by Gasteiger charge is 2.23. The Hall–Kier alpha value is -1.29. The van der Waals surface area contributed by atoms with Crippen LogP contribution in [0.4, 0.5) is 5.82 Å². The van der Waals surface area contributed by atoms with Gasteiger partial charge in [-0.2, -0.15) is 0 Å². The number of nitrogens with zero attached hydrogens (tertiary/aromatic N) is 2. The second-order valence-electron chi connectivity index (χ2n) is 4.69. The maximum absolute atomic E-state index is 5.91. The standard InChI is InChI=1S/C14H23N3O/c1-2-18-13-8-6-9-16-14(13)17-10-5-3-4-7-12(17)11-15/h6,8-9,12H,2-5,7,10-11,15H2,1H3. The highest BCUT2D eigenvalue weighted by atomic mass is 16.5. The first kappa shape index (κ1) is 13.1. The van der Waals surface area contributed by atoms with Gasteiger partial charge in [-0.05, 0) is 31.9 Å². The molecule has 1 atom stereocenters. The summed E-state index contributed by atoms with van der Waals surface area (Å²) in [5.41, 5.74) is 5.91. The van der Waals surface area contributed by atoms with Crippen molar-refractivity contribution in [3.8, 4) is 5.75 Å². The van der Waals surface area contributed by atoms with E-state index >= 15 is 0 Å². The van der Waals surface area contributed by atoms with Crippen LogP contribution < -0.4 is 15.4 Å². The van der Waals surface area contributed by atoms with Crippen LogP contribution in [0.1, 0.15) is 32.6 Å². The van der Waals surface area contributed by atoms with Crippen molar-refractivity contribution in [1.82, 2.24) is 4.98 Å². The van der Waals surface area contributed by atoms with Crippen LogP contribution in [0.25, 0.3) is 0 Å². The number of pyridine rings is 1. The summed E-state index contributed by atoms with van der Waals surface area (Å²) in [4.78, 5) is 6.84. The molecule has 2 heterocycles. The second kappa shape index (κ2) is 6.59. The predicted octanol–water partition coefficient (Wildman–Crippen LogP) is 2.19. The van der Waals surface area contributed by atoms with E-state index in [1.165, 1.54) is 19.3 Å². The molecule has 18 heavy (non-hydrogen) atoms. The molecule has 0 saturated carbocycles. The summed E-state index contributed by atoms with van der Waals surface area (Å²) in [6.45, 7) is 4.38. The fourth-order valence-electron chi connectivity index (χ4n) is 2.57. The van der Waals surface area contributed by atoms with Gasteiger partial charge in [0.2, 0.25) is 0 Å². The van der Waals surface area contributed by atoms with Gasteiger partial charge in [-0.1, -0.05) is 12.8 Å². The molecule has 100 valence electrons. The third-order valence-electron chi connectivity index (χ3n) is 3.47. The monoisotopic (exact) mass is 249 g/mol. The molecular formula is C14H23N3O. The zero-order chi connectivity index (χ0) is 12.8. The Morgan fingerprint density at radius 2 is 2.33 bits per heavy atom. The van der Waals surface area contributed by atoms with E-state index < -0.39 is 0 Å². The number of ether oxygens (including phenoxy) is 1. The Labute approximate surface area is 109 Å². The van der Waals surface area contributed by atoms with Crippen molar-refractivity contribution in [2.75, 3.05) is 24.6 Å². The first-order chi connectivity index (χ1) is 8.86. The van der Waals surface area contributed by atoms with Crippen molar-refractivity contribution in [1.29, 1.82) is 0 Å². The Morgan fingerprint density at radius 3 is 3.11 bits per heavy atom. The number of hydrogen-bond donors (Lipinski definition) is 1. The van der Waals surface area contributed by atoms with E-state index in [9.17, 15) is 0 Å². The van der Waals surface area contributed by atoms with E-state index in [0.717, 1.165) is 24.5 Å². The summed E-state index contributed by atoms with van der Waals surface area (Å²) in [5, 5.41) is 0. The molecule has 1 aliphatic heterocycles. The van der Waals surface area contributed by atoms with Gasteiger partial charge in [-0.3, -0.25) is 0 Å². The van der Waals surface area contributed by atoms with Crippen LogP contribution in [0.5, 0.6) is 5.75 Å². The Kier molecular flexibility index (Phi) is 4.81. The first-order valence-electron chi connectivity index (χ1n) is 6.91. The lowest BCUT2D eigenvalue weighted by molar-refractivity contribution is 0.338. The van der Waals surface area contributed by atoms with Gasteiger partial charge < -0.3 is 15.4 Å². The van der Waals surface area contributed by atoms with Gasteiger partial charge in [0.25, 0.3) is 0 Å². The first-order valence-corrected chi connectivity index (χ1v) is 6.91. The number of nitrogens with two attached hydrogens (primary N) is 1. The van der Waals surface area contributed by atoms with Crippen LogP contribution in [0.3, 0.4) is 0 Å². The van der Waals surface area contributed by atoms with E-state index in [1.807, 2.05) is 25.3 Å². The number of anilines is 1. The van der Waals surface area contributed by atoms with Gasteiger partial charge >= 0.3 is 0 Å². The molecule has 0 spiro atoms. The topological polar surface area (TPSA) is 51.4 Å². The molecule has 2 N–H and O–H groups in total. The van der Waals surface area contributed by atoms with Crippen LogP contribution in [-0.2, 0) is 0 Å². The van der Waals surface area contributed by atoms with Gasteiger partial charge in [-0.15, -0.1) is 0 Å². The van der Waals surface area contributed by atoms with Crippen LogP contribution >= 0.6 is 0 Å². The maximum Gasteiger partial charge on any atom is 0.171 e. The van der Waals surface area contributed by atoms with Crippen LogP contribution in [0.2, 0.25) is 0 Å². The second-order valence-corrected chi connectivity index (χ2v) is 4.69. The smallest absolute Gasteiger partial charge is 0.171 e. The lowest BCUT2D eigenvalue weighted by Crippen LogP contribution is -2.41. The summed E-state index contributed by atoms with van der Waals surface area (Å²) < 4.78 is 5.68. The van der Waals surface area contributed by atoms with Gasteiger partial charge in [0.1, 0.15) is 0 Å². The summed E-state index contributed by atoms with van der Waals surface area (Å²) in [6.07, 6.45) is 6.73. The van der Waals surface area contributed by atoms with Gasteiger partial charge in [-0.25, -0.2) is 4.98 Å². The number of rotatable bonds is 4. The summed E-state index contributed by atoms with van der Waals surface area (Å²) in [7, 11) is 0. The maximum atomic E-state index is 5.91. The molecular weight excluding hydrogens is 226 g/mol. The third-order valence-corrected chi connectivity index (χ3v) is 3.47. The molecule has 4 heteroatoms. The fraction of sp³-hybridized carbons (Fsp3) is 0.643. The predicted molar refractivity (Wildman–Crippen MR) is 74.1 cm³/mol. The van der Waals surface area contributed by atoms with Gasteiger partial charge in [0, 0.05) is 25.3 Å². The average molecular weight is 249 g/mol. The quantitative estimate of drug-likeness (QED) is 0.888. The van der Waals surface area contributed by atoms with Crippen molar-refractivity contribution in [2.45, 2.75) is 38.6 Å². The molecule has 4 nitrogen and oxygen atoms in total. The molecule has 1 unspecified atom stereocenters. The molecule has 0 aromatic carbocycles. The van der Waals surface area contributed by atoms with Crippen molar-refractivity contribution in [3.05, 3.63) is 18.3 Å². The molecule has 1 fully saturated rings. The van der Waals surface area contributed by atoms with Gasteiger partial charge in [0.05, 0.1) is 6.61 Å². The molecule has 0 amide bonds. The summed E-state index contributed by atoms with van der Waals surface area (Å²) >= 11 is 0. The van der Waals surface area contributed by atoms with Crippen LogP contribution in [-0.4, -0.2) is 30.7 Å². The van der Waals surface area contributed by atoms with E-state index in [-0.39, 0.29) is 0 Å². The van der Waals surface area contributed by atoms with Crippen molar-refractivity contribution in [3.63, 3.8) is 0 Å². The minimum absolute atomic E-state index is 0.390. The normalized spacial score (nSPS) is 20.6. The Morgan fingerprint density at radius 1 is 1.44 bits per heavy atom. The zero-order valence-electron chi connectivity index (χ0n) is 11.1. The zero-order valence-corrected chi connectivity index (χ0v) is 11.1. The fourth-order valence-corrected chi connectivity index (χ4v) is 2.57. The third kappa shape index (κ3) is 2.93. The Balaban J connectivity index is 2.26. The Bertz CT molecular complexity index is 370. The number of aromatic nitrogens is 1. The minimum Gasteiger partial charge on any atom is -0.490 e. The van der Waals surface area contributed by atoms with Crippen molar-refractivity contribution < 1.29 is 4.74 Å². The highest BCUT2D eigenvalue weighted by Crippen LogP contribution is 2.30. The average Bonchev–Trinajstić information content (AvgIpc) is 2.65. The highest BCUT2D eigenvalue weighted by molar-refractivity contribution is 5.53. The minimum atomic E-state index is 0.390. The molecule has 2 rings (SSSR count). The van der Waals surface area contributed by atoms with Crippen LogP contribution in [0.15, 0.2) is 18.3 Å². The SMILES string of the molecule is CCOc1cccnc1N1CCCCCC1CN. The molecule has 0 bridgehead atoms. The largest absolute Gasteiger partial charge is 0.490 e. The lowest BCUT2D eigenvalue weighted by Gasteiger charge is -2.31. The molecule has 1 aromatic rings. The molecule has 0 aliphatic carbocycles. The summed E-state index contributed by atoms with van der Waals surface area (Å²) in [5.74, 6) is 1.83. The van der Waals surface area contributed by atoms with Crippen molar-refractivity contribution >= 4 is 5.82 Å².